The summed E-state index contributed by atoms with van der Waals surface area (Å²) in [6.07, 6.45) is 0. The molecule has 0 atom stereocenters. The van der Waals surface area contributed by atoms with Crippen LogP contribution in [0.5, 0.6) is 0 Å². The zero-order chi connectivity index (χ0) is 19.4. The van der Waals surface area contributed by atoms with Gasteiger partial charge in [0, 0.05) is 11.1 Å². The number of benzene rings is 2. The SMILES string of the molecule is CCOC(=O)c1ccc(NC(=O)Cn2nc(C)c3ccccc3c2=O)cc1. The molecule has 3 rings (SSSR count). The van der Waals surface area contributed by atoms with Crippen molar-refractivity contribution in [2.75, 3.05) is 11.9 Å². The number of amides is 1. The zero-order valence-corrected chi connectivity index (χ0v) is 15.1. The number of nitrogens with zero attached hydrogens (tertiary/aromatic N) is 2. The van der Waals surface area contributed by atoms with Gasteiger partial charge < -0.3 is 10.1 Å². The average molecular weight is 365 g/mol. The number of fused-ring (bicyclic) bond motifs is 1. The fourth-order valence-electron chi connectivity index (χ4n) is 2.75. The Labute approximate surface area is 155 Å². The maximum absolute atomic E-state index is 12.5. The van der Waals surface area contributed by atoms with Crippen molar-refractivity contribution in [1.82, 2.24) is 9.78 Å². The van der Waals surface area contributed by atoms with Crippen molar-refractivity contribution in [1.29, 1.82) is 0 Å². The standard InChI is InChI=1S/C20H19N3O4/c1-3-27-20(26)14-8-10-15(11-9-14)21-18(24)12-23-19(25)17-7-5-4-6-16(17)13(2)22-23/h4-11H,3,12H2,1-2H3,(H,21,24). The van der Waals surface area contributed by atoms with Gasteiger partial charge in [0.15, 0.2) is 0 Å². The first-order valence-electron chi connectivity index (χ1n) is 8.53. The second-order valence-electron chi connectivity index (χ2n) is 5.94. The highest BCUT2D eigenvalue weighted by atomic mass is 16.5. The minimum Gasteiger partial charge on any atom is -0.462 e. The maximum atomic E-state index is 12.5. The monoisotopic (exact) mass is 365 g/mol. The molecule has 138 valence electrons. The van der Waals surface area contributed by atoms with Gasteiger partial charge in [0.2, 0.25) is 5.91 Å². The third kappa shape index (κ3) is 4.03. The van der Waals surface area contributed by atoms with Crippen molar-refractivity contribution in [2.45, 2.75) is 20.4 Å². The zero-order valence-electron chi connectivity index (χ0n) is 15.1. The maximum Gasteiger partial charge on any atom is 0.338 e. The van der Waals surface area contributed by atoms with Crippen LogP contribution in [0, 0.1) is 6.92 Å². The van der Waals surface area contributed by atoms with E-state index in [9.17, 15) is 14.4 Å². The number of ether oxygens (including phenoxy) is 1. The summed E-state index contributed by atoms with van der Waals surface area (Å²) < 4.78 is 6.07. The predicted molar refractivity (Wildman–Crippen MR) is 102 cm³/mol. The molecule has 0 aliphatic carbocycles. The molecule has 27 heavy (non-hydrogen) atoms. The number of anilines is 1. The molecule has 0 saturated heterocycles. The number of rotatable bonds is 5. The summed E-state index contributed by atoms with van der Waals surface area (Å²) in [6, 6.07) is 13.5. The molecular weight excluding hydrogens is 346 g/mol. The van der Waals surface area contributed by atoms with E-state index in [1.807, 2.05) is 12.1 Å². The number of carbonyl (C=O) groups excluding carboxylic acids is 2. The first-order valence-corrected chi connectivity index (χ1v) is 8.53. The first-order chi connectivity index (χ1) is 13.0. The van der Waals surface area contributed by atoms with Crippen molar-refractivity contribution >= 4 is 28.3 Å². The van der Waals surface area contributed by atoms with Crippen LogP contribution in [0.4, 0.5) is 5.69 Å². The minimum atomic E-state index is -0.419. The summed E-state index contributed by atoms with van der Waals surface area (Å²) in [7, 11) is 0. The van der Waals surface area contributed by atoms with Crippen molar-refractivity contribution in [3.8, 4) is 0 Å². The van der Waals surface area contributed by atoms with E-state index in [0.29, 0.717) is 28.9 Å². The number of hydrogen-bond donors (Lipinski definition) is 1. The molecule has 0 fully saturated rings. The summed E-state index contributed by atoms with van der Waals surface area (Å²) in [4.78, 5) is 36.5. The van der Waals surface area contributed by atoms with E-state index in [1.165, 1.54) is 0 Å². The number of hydrogen-bond acceptors (Lipinski definition) is 5. The summed E-state index contributed by atoms with van der Waals surface area (Å²) >= 11 is 0. The molecule has 3 aromatic rings. The molecule has 1 heterocycles. The van der Waals surface area contributed by atoms with Crippen LogP contribution in [0.2, 0.25) is 0 Å². The molecule has 0 saturated carbocycles. The summed E-state index contributed by atoms with van der Waals surface area (Å²) in [5, 5.41) is 8.21. The molecule has 2 aromatic carbocycles. The number of aromatic nitrogens is 2. The largest absolute Gasteiger partial charge is 0.462 e. The van der Waals surface area contributed by atoms with E-state index in [4.69, 9.17) is 4.74 Å². The lowest BCUT2D eigenvalue weighted by molar-refractivity contribution is -0.117. The fourth-order valence-corrected chi connectivity index (χ4v) is 2.75. The topological polar surface area (TPSA) is 90.3 Å². The molecule has 0 bridgehead atoms. The van der Waals surface area contributed by atoms with Gasteiger partial charge in [0.25, 0.3) is 5.56 Å². The Morgan fingerprint density at radius 2 is 1.74 bits per heavy atom. The molecule has 7 nitrogen and oxygen atoms in total. The van der Waals surface area contributed by atoms with Gasteiger partial charge in [-0.3, -0.25) is 9.59 Å². The number of esters is 1. The highest BCUT2D eigenvalue weighted by Crippen LogP contribution is 2.13. The molecule has 1 aromatic heterocycles. The normalized spacial score (nSPS) is 10.6. The fraction of sp³-hybridized carbons (Fsp3) is 0.200. The van der Waals surface area contributed by atoms with Crippen molar-refractivity contribution < 1.29 is 14.3 Å². The molecule has 0 radical (unpaired) electrons. The van der Waals surface area contributed by atoms with Gasteiger partial charge in [-0.05, 0) is 44.2 Å². The lowest BCUT2D eigenvalue weighted by Crippen LogP contribution is -2.30. The van der Waals surface area contributed by atoms with Gasteiger partial charge >= 0.3 is 5.97 Å². The second kappa shape index (κ2) is 7.82. The Hall–Kier alpha value is -3.48. The summed E-state index contributed by atoms with van der Waals surface area (Å²) in [5.74, 6) is -0.805. The molecule has 0 unspecified atom stereocenters. The van der Waals surface area contributed by atoms with E-state index in [1.54, 1.807) is 50.2 Å². The van der Waals surface area contributed by atoms with Crippen LogP contribution < -0.4 is 10.9 Å². The van der Waals surface area contributed by atoms with E-state index in [0.717, 1.165) is 10.1 Å². The van der Waals surface area contributed by atoms with Crippen LogP contribution >= 0.6 is 0 Å². The molecular formula is C20H19N3O4. The molecule has 7 heteroatoms. The van der Waals surface area contributed by atoms with E-state index >= 15 is 0 Å². The Balaban J connectivity index is 1.75. The van der Waals surface area contributed by atoms with Crippen molar-refractivity contribution in [3.63, 3.8) is 0 Å². The smallest absolute Gasteiger partial charge is 0.338 e. The van der Waals surface area contributed by atoms with Gasteiger partial charge in [0.05, 0.1) is 23.3 Å². The van der Waals surface area contributed by atoms with Crippen molar-refractivity contribution in [3.05, 3.63) is 70.1 Å². The highest BCUT2D eigenvalue weighted by molar-refractivity contribution is 5.93. The Bertz CT molecular complexity index is 1060. The van der Waals surface area contributed by atoms with E-state index < -0.39 is 5.97 Å². The lowest BCUT2D eigenvalue weighted by atomic mass is 10.1. The highest BCUT2D eigenvalue weighted by Gasteiger charge is 2.12. The summed E-state index contributed by atoms with van der Waals surface area (Å²) in [6.45, 7) is 3.62. The average Bonchev–Trinajstić information content (AvgIpc) is 2.66. The third-order valence-electron chi connectivity index (χ3n) is 4.03. The Kier molecular flexibility index (Phi) is 5.30. The molecule has 1 N–H and O–H groups in total. The van der Waals surface area contributed by atoms with Crippen molar-refractivity contribution in [2.24, 2.45) is 0 Å². The van der Waals surface area contributed by atoms with Crippen LogP contribution in [0.3, 0.4) is 0 Å². The van der Waals surface area contributed by atoms with Gasteiger partial charge in [0.1, 0.15) is 6.54 Å². The third-order valence-corrected chi connectivity index (χ3v) is 4.03. The summed E-state index contributed by atoms with van der Waals surface area (Å²) in [5.41, 5.74) is 1.28. The predicted octanol–water partition coefficient (Wildman–Crippen LogP) is 2.52. The van der Waals surface area contributed by atoms with Crippen LogP contribution in [0.1, 0.15) is 23.0 Å². The number of nitrogens with one attached hydrogen (secondary N) is 1. The van der Waals surface area contributed by atoms with Gasteiger partial charge in [-0.25, -0.2) is 9.48 Å². The van der Waals surface area contributed by atoms with E-state index in [2.05, 4.69) is 10.4 Å². The minimum absolute atomic E-state index is 0.204. The number of aryl methyl sites for hydroxylation is 1. The second-order valence-corrected chi connectivity index (χ2v) is 5.94. The molecule has 0 aliphatic heterocycles. The van der Waals surface area contributed by atoms with Crippen LogP contribution in [-0.2, 0) is 16.1 Å². The Morgan fingerprint density at radius 3 is 2.41 bits per heavy atom. The van der Waals surface area contributed by atoms with E-state index in [-0.39, 0.29) is 18.0 Å². The Morgan fingerprint density at radius 1 is 1.07 bits per heavy atom. The number of carbonyl (C=O) groups is 2. The first kappa shape index (κ1) is 18.3. The van der Waals surface area contributed by atoms with Gasteiger partial charge in [-0.2, -0.15) is 5.10 Å². The van der Waals surface area contributed by atoms with Crippen LogP contribution in [-0.4, -0.2) is 28.3 Å². The molecule has 0 aliphatic rings. The molecule has 1 amide bonds. The van der Waals surface area contributed by atoms with Crippen LogP contribution in [0.25, 0.3) is 10.8 Å². The van der Waals surface area contributed by atoms with Gasteiger partial charge in [-0.15, -0.1) is 0 Å². The van der Waals surface area contributed by atoms with Crippen LogP contribution in [0.15, 0.2) is 53.3 Å². The quantitative estimate of drug-likeness (QED) is 0.702. The molecule has 0 spiro atoms. The lowest BCUT2D eigenvalue weighted by Gasteiger charge is -2.10. The van der Waals surface area contributed by atoms with Gasteiger partial charge in [-0.1, -0.05) is 18.2 Å².